The fourth-order valence-corrected chi connectivity index (χ4v) is 4.87. The van der Waals surface area contributed by atoms with E-state index in [0.29, 0.717) is 0 Å². The first-order valence-electron chi connectivity index (χ1n) is 15.1. The van der Waals surface area contributed by atoms with Gasteiger partial charge in [0.05, 0.1) is 25.1 Å². The average Bonchev–Trinajstić information content (AvgIpc) is 2.93. The first-order chi connectivity index (χ1) is 18.2. The summed E-state index contributed by atoms with van der Waals surface area (Å²) >= 11 is 0. The Morgan fingerprint density at radius 1 is 0.865 bits per heavy atom. The molecule has 5 heteroatoms. The van der Waals surface area contributed by atoms with Gasteiger partial charge in [-0.15, -0.1) is 0 Å². The fraction of sp³-hybridized carbons (Fsp3) is 0.688. The predicted octanol–water partition coefficient (Wildman–Crippen LogP) is 8.70. The number of aryl methyl sites for hydroxylation is 1. The van der Waals surface area contributed by atoms with Gasteiger partial charge in [-0.05, 0) is 57.4 Å². The summed E-state index contributed by atoms with van der Waals surface area (Å²) in [6.07, 6.45) is 23.6. The van der Waals surface area contributed by atoms with Crippen LogP contribution in [0.25, 0.3) is 11.4 Å². The van der Waals surface area contributed by atoms with E-state index in [1.54, 1.807) is 12.4 Å². The van der Waals surface area contributed by atoms with Crippen LogP contribution >= 0.6 is 0 Å². The van der Waals surface area contributed by atoms with Crippen molar-refractivity contribution in [3.8, 4) is 17.1 Å². The summed E-state index contributed by atoms with van der Waals surface area (Å²) in [5.74, 6) is 1.51. The molecule has 0 radical (unpaired) electrons. The van der Waals surface area contributed by atoms with E-state index in [9.17, 15) is 0 Å². The van der Waals surface area contributed by atoms with Crippen LogP contribution in [-0.2, 0) is 15.9 Å². The van der Waals surface area contributed by atoms with E-state index in [0.717, 1.165) is 56.0 Å². The second-order valence-corrected chi connectivity index (χ2v) is 10.6. The Morgan fingerprint density at radius 3 is 2.27 bits per heavy atom. The lowest BCUT2D eigenvalue weighted by Crippen LogP contribution is -2.26. The van der Waals surface area contributed by atoms with Crippen molar-refractivity contribution in [1.82, 2.24) is 9.97 Å². The van der Waals surface area contributed by atoms with E-state index in [-0.39, 0.29) is 12.4 Å². The Labute approximate surface area is 225 Å². The lowest BCUT2D eigenvalue weighted by atomic mass is 10.0. The van der Waals surface area contributed by atoms with Gasteiger partial charge in [0.2, 0.25) is 0 Å². The van der Waals surface area contributed by atoms with Crippen LogP contribution in [0.15, 0.2) is 36.7 Å². The van der Waals surface area contributed by atoms with Crippen LogP contribution in [0, 0.1) is 0 Å². The minimum Gasteiger partial charge on any atom is -0.490 e. The highest BCUT2D eigenvalue weighted by atomic mass is 16.7. The summed E-state index contributed by atoms with van der Waals surface area (Å²) in [5, 5.41) is 0. The standard InChI is InChI=1S/C32H50N2O3/c1-3-4-5-6-7-8-9-14-23-35-30-25-33-32(34-26-30)29-21-19-28(20-22-29)17-12-10-11-16-27(2)37-31-18-13-15-24-36-31/h19-22,25-27,31H,3-18,23-24H2,1-2H3. The average molecular weight is 511 g/mol. The van der Waals surface area contributed by atoms with Crippen LogP contribution in [0.5, 0.6) is 5.75 Å². The minimum absolute atomic E-state index is 0.0229. The zero-order valence-electron chi connectivity index (χ0n) is 23.5. The van der Waals surface area contributed by atoms with E-state index in [1.165, 1.54) is 82.6 Å². The third-order valence-corrected chi connectivity index (χ3v) is 7.21. The molecule has 1 aliphatic heterocycles. The maximum atomic E-state index is 6.02. The van der Waals surface area contributed by atoms with Crippen molar-refractivity contribution in [2.75, 3.05) is 13.2 Å². The van der Waals surface area contributed by atoms with Crippen molar-refractivity contribution in [3.63, 3.8) is 0 Å². The number of benzene rings is 1. The molecule has 37 heavy (non-hydrogen) atoms. The highest BCUT2D eigenvalue weighted by molar-refractivity contribution is 5.55. The SMILES string of the molecule is CCCCCCCCCCOc1cnc(-c2ccc(CCCCCC(C)OC3CCCCO3)cc2)nc1. The molecule has 1 aliphatic rings. The molecule has 206 valence electrons. The van der Waals surface area contributed by atoms with Crippen molar-refractivity contribution in [1.29, 1.82) is 0 Å². The van der Waals surface area contributed by atoms with Crippen molar-refractivity contribution in [2.45, 2.75) is 129 Å². The Morgan fingerprint density at radius 2 is 1.57 bits per heavy atom. The Balaban J connectivity index is 1.25. The van der Waals surface area contributed by atoms with Gasteiger partial charge in [0.1, 0.15) is 0 Å². The number of unbranched alkanes of at least 4 members (excludes halogenated alkanes) is 9. The van der Waals surface area contributed by atoms with Crippen molar-refractivity contribution in [2.24, 2.45) is 0 Å². The summed E-state index contributed by atoms with van der Waals surface area (Å²) in [4.78, 5) is 9.05. The van der Waals surface area contributed by atoms with Crippen molar-refractivity contribution < 1.29 is 14.2 Å². The maximum absolute atomic E-state index is 6.02. The van der Waals surface area contributed by atoms with Crippen LogP contribution < -0.4 is 4.74 Å². The van der Waals surface area contributed by atoms with Crippen LogP contribution in [0.2, 0.25) is 0 Å². The minimum atomic E-state index is 0.0229. The molecule has 1 aromatic heterocycles. The van der Waals surface area contributed by atoms with Crippen molar-refractivity contribution >= 4 is 0 Å². The highest BCUT2D eigenvalue weighted by Gasteiger charge is 2.16. The zero-order valence-corrected chi connectivity index (χ0v) is 23.5. The molecule has 2 atom stereocenters. The summed E-state index contributed by atoms with van der Waals surface area (Å²) in [6, 6.07) is 8.67. The summed E-state index contributed by atoms with van der Waals surface area (Å²) in [6.45, 7) is 6.03. The van der Waals surface area contributed by atoms with E-state index < -0.39 is 0 Å². The van der Waals surface area contributed by atoms with E-state index in [1.807, 2.05) is 0 Å². The molecule has 1 aromatic carbocycles. The van der Waals surface area contributed by atoms with Gasteiger partial charge in [0.15, 0.2) is 17.9 Å². The number of hydrogen-bond acceptors (Lipinski definition) is 5. The van der Waals surface area contributed by atoms with Crippen molar-refractivity contribution in [3.05, 3.63) is 42.2 Å². The first kappa shape index (κ1) is 29.6. The largest absolute Gasteiger partial charge is 0.490 e. The molecule has 2 aromatic rings. The molecule has 0 bridgehead atoms. The van der Waals surface area contributed by atoms with Crippen LogP contribution in [0.3, 0.4) is 0 Å². The van der Waals surface area contributed by atoms with Gasteiger partial charge in [-0.2, -0.15) is 0 Å². The molecular weight excluding hydrogens is 460 g/mol. The van der Waals surface area contributed by atoms with Gasteiger partial charge in [-0.25, -0.2) is 9.97 Å². The first-order valence-corrected chi connectivity index (χ1v) is 15.1. The van der Waals surface area contributed by atoms with Crippen LogP contribution in [-0.4, -0.2) is 35.6 Å². The van der Waals surface area contributed by atoms with Gasteiger partial charge in [-0.3, -0.25) is 0 Å². The quantitative estimate of drug-likeness (QED) is 0.177. The number of ether oxygens (including phenoxy) is 3. The van der Waals surface area contributed by atoms with E-state index in [2.05, 4.69) is 48.1 Å². The molecule has 5 nitrogen and oxygen atoms in total. The second-order valence-electron chi connectivity index (χ2n) is 10.6. The second kappa shape index (κ2) is 18.3. The monoisotopic (exact) mass is 510 g/mol. The fourth-order valence-electron chi connectivity index (χ4n) is 4.87. The maximum Gasteiger partial charge on any atom is 0.159 e. The molecule has 1 fully saturated rings. The molecule has 2 unspecified atom stereocenters. The number of nitrogens with zero attached hydrogens (tertiary/aromatic N) is 2. The van der Waals surface area contributed by atoms with Gasteiger partial charge in [0, 0.05) is 12.2 Å². The molecule has 0 N–H and O–H groups in total. The van der Waals surface area contributed by atoms with Gasteiger partial charge < -0.3 is 14.2 Å². The highest BCUT2D eigenvalue weighted by Crippen LogP contribution is 2.20. The number of rotatable bonds is 19. The molecule has 3 rings (SSSR count). The molecular formula is C32H50N2O3. The summed E-state index contributed by atoms with van der Waals surface area (Å²) < 4.78 is 17.5. The molecule has 0 amide bonds. The Hall–Kier alpha value is -1.98. The Bertz CT molecular complexity index is 819. The molecule has 0 spiro atoms. The third kappa shape index (κ3) is 12.4. The Kier molecular flexibility index (Phi) is 14.6. The summed E-state index contributed by atoms with van der Waals surface area (Å²) in [7, 11) is 0. The zero-order chi connectivity index (χ0) is 26.0. The number of aromatic nitrogens is 2. The predicted molar refractivity (Wildman–Crippen MR) is 152 cm³/mol. The normalized spacial score (nSPS) is 16.5. The van der Waals surface area contributed by atoms with E-state index >= 15 is 0 Å². The molecule has 1 saturated heterocycles. The topological polar surface area (TPSA) is 53.5 Å². The van der Waals surface area contributed by atoms with E-state index in [4.69, 9.17) is 14.2 Å². The molecule has 0 aliphatic carbocycles. The van der Waals surface area contributed by atoms with Crippen LogP contribution in [0.4, 0.5) is 0 Å². The number of hydrogen-bond donors (Lipinski definition) is 0. The summed E-state index contributed by atoms with van der Waals surface area (Å²) in [5.41, 5.74) is 2.42. The smallest absolute Gasteiger partial charge is 0.159 e. The molecule has 2 heterocycles. The van der Waals surface area contributed by atoms with Gasteiger partial charge in [-0.1, -0.05) is 89.0 Å². The van der Waals surface area contributed by atoms with Gasteiger partial charge >= 0.3 is 0 Å². The van der Waals surface area contributed by atoms with Gasteiger partial charge in [0.25, 0.3) is 0 Å². The lowest BCUT2D eigenvalue weighted by Gasteiger charge is -2.26. The third-order valence-electron chi connectivity index (χ3n) is 7.21. The molecule has 0 saturated carbocycles. The van der Waals surface area contributed by atoms with Crippen LogP contribution in [0.1, 0.15) is 116 Å². The lowest BCUT2D eigenvalue weighted by molar-refractivity contribution is -0.185.